The van der Waals surface area contributed by atoms with Crippen molar-refractivity contribution in [1.82, 2.24) is 9.88 Å². The molecule has 1 aromatic heterocycles. The molecule has 0 aliphatic carbocycles. The summed E-state index contributed by atoms with van der Waals surface area (Å²) in [6.07, 6.45) is 3.52. The standard InChI is InChI=1S/C20H21FN2O/c21-19-8-6-18(7-9-19)20(24)13-22-12-17-10-11-23(15-17)14-16-4-2-1-3-5-16/h1-11,15,20,22,24H,12-14H2. The lowest BCUT2D eigenvalue weighted by Crippen LogP contribution is -2.20. The van der Waals surface area contributed by atoms with E-state index >= 15 is 0 Å². The first-order chi connectivity index (χ1) is 11.7. The second-order valence-corrected chi connectivity index (χ2v) is 5.88. The molecule has 1 atom stereocenters. The van der Waals surface area contributed by atoms with Crippen LogP contribution in [-0.4, -0.2) is 16.2 Å². The maximum Gasteiger partial charge on any atom is 0.123 e. The Kier molecular flexibility index (Phi) is 5.41. The Labute approximate surface area is 141 Å². The Balaban J connectivity index is 1.48. The van der Waals surface area contributed by atoms with Crippen molar-refractivity contribution in [2.24, 2.45) is 0 Å². The second-order valence-electron chi connectivity index (χ2n) is 5.88. The molecular formula is C20H21FN2O. The molecule has 1 unspecified atom stereocenters. The molecule has 0 aliphatic rings. The van der Waals surface area contributed by atoms with Crippen molar-refractivity contribution in [1.29, 1.82) is 0 Å². The monoisotopic (exact) mass is 324 g/mol. The number of hydrogen-bond acceptors (Lipinski definition) is 2. The number of halogens is 1. The molecule has 0 bridgehead atoms. The summed E-state index contributed by atoms with van der Waals surface area (Å²) in [7, 11) is 0. The average molecular weight is 324 g/mol. The molecule has 0 saturated heterocycles. The Morgan fingerprint density at radius 2 is 1.71 bits per heavy atom. The zero-order valence-corrected chi connectivity index (χ0v) is 13.4. The fourth-order valence-corrected chi connectivity index (χ4v) is 2.64. The van der Waals surface area contributed by atoms with Crippen LogP contribution in [0.25, 0.3) is 0 Å². The highest BCUT2D eigenvalue weighted by atomic mass is 19.1. The van der Waals surface area contributed by atoms with E-state index in [0.717, 1.165) is 12.1 Å². The van der Waals surface area contributed by atoms with Gasteiger partial charge in [0, 0.05) is 32.0 Å². The summed E-state index contributed by atoms with van der Waals surface area (Å²) in [6.45, 7) is 1.95. The minimum atomic E-state index is -0.642. The van der Waals surface area contributed by atoms with Crippen LogP contribution in [0.2, 0.25) is 0 Å². The smallest absolute Gasteiger partial charge is 0.123 e. The van der Waals surface area contributed by atoms with Crippen LogP contribution in [0.4, 0.5) is 4.39 Å². The van der Waals surface area contributed by atoms with Gasteiger partial charge < -0.3 is 15.0 Å². The first-order valence-corrected chi connectivity index (χ1v) is 8.03. The van der Waals surface area contributed by atoms with Crippen molar-refractivity contribution in [3.63, 3.8) is 0 Å². The third-order valence-electron chi connectivity index (χ3n) is 3.94. The van der Waals surface area contributed by atoms with Gasteiger partial charge in [0.2, 0.25) is 0 Å². The molecule has 3 nitrogen and oxygen atoms in total. The molecule has 1 heterocycles. The van der Waals surface area contributed by atoms with Gasteiger partial charge in [0.05, 0.1) is 6.10 Å². The summed E-state index contributed by atoms with van der Waals surface area (Å²) < 4.78 is 15.0. The maximum atomic E-state index is 12.9. The molecule has 0 saturated carbocycles. The SMILES string of the molecule is OC(CNCc1ccn(Cc2ccccc2)c1)c1ccc(F)cc1. The molecule has 4 heteroatoms. The van der Waals surface area contributed by atoms with Crippen molar-refractivity contribution in [3.8, 4) is 0 Å². The summed E-state index contributed by atoms with van der Waals surface area (Å²) in [5.41, 5.74) is 3.14. The van der Waals surface area contributed by atoms with Gasteiger partial charge in [0.25, 0.3) is 0 Å². The zero-order chi connectivity index (χ0) is 16.8. The zero-order valence-electron chi connectivity index (χ0n) is 13.4. The van der Waals surface area contributed by atoms with Gasteiger partial charge in [0.15, 0.2) is 0 Å². The predicted octanol–water partition coefficient (Wildman–Crippen LogP) is 3.50. The van der Waals surface area contributed by atoms with Crippen LogP contribution in [0.5, 0.6) is 0 Å². The van der Waals surface area contributed by atoms with E-state index in [1.807, 2.05) is 18.2 Å². The number of hydrogen-bond donors (Lipinski definition) is 2. The van der Waals surface area contributed by atoms with Crippen molar-refractivity contribution in [2.75, 3.05) is 6.54 Å². The lowest BCUT2D eigenvalue weighted by molar-refractivity contribution is 0.174. The Morgan fingerprint density at radius 3 is 2.46 bits per heavy atom. The lowest BCUT2D eigenvalue weighted by atomic mass is 10.1. The van der Waals surface area contributed by atoms with E-state index in [-0.39, 0.29) is 5.82 Å². The van der Waals surface area contributed by atoms with E-state index < -0.39 is 6.10 Å². The fraction of sp³-hybridized carbons (Fsp3) is 0.200. The summed E-state index contributed by atoms with van der Waals surface area (Å²) in [5.74, 6) is -0.293. The molecular weight excluding hydrogens is 303 g/mol. The Bertz CT molecular complexity index is 753. The molecule has 124 valence electrons. The van der Waals surface area contributed by atoms with E-state index in [1.165, 1.54) is 17.7 Å². The highest BCUT2D eigenvalue weighted by molar-refractivity contribution is 5.19. The molecule has 0 radical (unpaired) electrons. The van der Waals surface area contributed by atoms with Gasteiger partial charge in [-0.25, -0.2) is 4.39 Å². The van der Waals surface area contributed by atoms with Gasteiger partial charge >= 0.3 is 0 Å². The molecule has 0 amide bonds. The highest BCUT2D eigenvalue weighted by Crippen LogP contribution is 2.13. The number of nitrogens with zero attached hydrogens (tertiary/aromatic N) is 1. The first-order valence-electron chi connectivity index (χ1n) is 8.03. The highest BCUT2D eigenvalue weighted by Gasteiger charge is 2.07. The topological polar surface area (TPSA) is 37.2 Å². The summed E-state index contributed by atoms with van der Waals surface area (Å²) in [5, 5.41) is 13.3. The molecule has 24 heavy (non-hydrogen) atoms. The molecule has 2 aromatic carbocycles. The van der Waals surface area contributed by atoms with Crippen LogP contribution in [0, 0.1) is 5.82 Å². The van der Waals surface area contributed by atoms with E-state index in [2.05, 4.69) is 40.5 Å². The van der Waals surface area contributed by atoms with Gasteiger partial charge in [-0.05, 0) is 34.9 Å². The van der Waals surface area contributed by atoms with E-state index in [9.17, 15) is 9.50 Å². The van der Waals surface area contributed by atoms with Crippen molar-refractivity contribution >= 4 is 0 Å². The normalized spacial score (nSPS) is 12.2. The van der Waals surface area contributed by atoms with Gasteiger partial charge in [-0.3, -0.25) is 0 Å². The number of rotatable bonds is 7. The van der Waals surface area contributed by atoms with E-state index in [4.69, 9.17) is 0 Å². The number of aliphatic hydroxyl groups is 1. The number of aromatic nitrogens is 1. The van der Waals surface area contributed by atoms with Crippen LogP contribution < -0.4 is 5.32 Å². The molecule has 0 spiro atoms. The van der Waals surface area contributed by atoms with Crippen LogP contribution in [0.15, 0.2) is 73.1 Å². The quantitative estimate of drug-likeness (QED) is 0.698. The van der Waals surface area contributed by atoms with Gasteiger partial charge in [-0.15, -0.1) is 0 Å². The van der Waals surface area contributed by atoms with Gasteiger partial charge in [-0.2, -0.15) is 0 Å². The minimum absolute atomic E-state index is 0.293. The molecule has 3 aromatic rings. The van der Waals surface area contributed by atoms with Gasteiger partial charge in [-0.1, -0.05) is 42.5 Å². The van der Waals surface area contributed by atoms with Crippen LogP contribution in [-0.2, 0) is 13.1 Å². The molecule has 3 rings (SSSR count). The van der Waals surface area contributed by atoms with E-state index in [0.29, 0.717) is 18.7 Å². The van der Waals surface area contributed by atoms with Crippen molar-refractivity contribution in [3.05, 3.63) is 95.6 Å². The third-order valence-corrected chi connectivity index (χ3v) is 3.94. The summed E-state index contributed by atoms with van der Waals surface area (Å²) in [6, 6.07) is 18.3. The van der Waals surface area contributed by atoms with E-state index in [1.54, 1.807) is 12.1 Å². The van der Waals surface area contributed by atoms with Crippen molar-refractivity contribution in [2.45, 2.75) is 19.2 Å². The fourth-order valence-electron chi connectivity index (χ4n) is 2.64. The molecule has 0 aliphatic heterocycles. The maximum absolute atomic E-state index is 12.9. The van der Waals surface area contributed by atoms with Crippen LogP contribution in [0.1, 0.15) is 22.8 Å². The number of aliphatic hydroxyl groups excluding tert-OH is 1. The Morgan fingerprint density at radius 1 is 0.958 bits per heavy atom. The largest absolute Gasteiger partial charge is 0.387 e. The molecule has 0 fully saturated rings. The van der Waals surface area contributed by atoms with Gasteiger partial charge in [0.1, 0.15) is 5.82 Å². The second kappa shape index (κ2) is 7.90. The van der Waals surface area contributed by atoms with Crippen molar-refractivity contribution < 1.29 is 9.50 Å². The first kappa shape index (κ1) is 16.4. The summed E-state index contributed by atoms with van der Waals surface area (Å²) >= 11 is 0. The number of benzene rings is 2. The number of nitrogens with one attached hydrogen (secondary N) is 1. The van der Waals surface area contributed by atoms with Crippen LogP contribution in [0.3, 0.4) is 0 Å². The third kappa shape index (κ3) is 4.54. The van der Waals surface area contributed by atoms with Crippen LogP contribution >= 0.6 is 0 Å². The average Bonchev–Trinajstić information content (AvgIpc) is 3.03. The minimum Gasteiger partial charge on any atom is -0.387 e. The Hall–Kier alpha value is -2.43. The molecule has 2 N–H and O–H groups in total. The lowest BCUT2D eigenvalue weighted by Gasteiger charge is -2.11. The predicted molar refractivity (Wildman–Crippen MR) is 93.0 cm³/mol. The summed E-state index contributed by atoms with van der Waals surface area (Å²) in [4.78, 5) is 0.